The summed E-state index contributed by atoms with van der Waals surface area (Å²) >= 11 is 1.48. The van der Waals surface area contributed by atoms with Crippen molar-refractivity contribution in [2.75, 3.05) is 0 Å². The third kappa shape index (κ3) is 2.77. The van der Waals surface area contributed by atoms with Gasteiger partial charge in [0, 0.05) is 24.6 Å². The van der Waals surface area contributed by atoms with E-state index in [1.807, 2.05) is 19.1 Å². The van der Waals surface area contributed by atoms with Gasteiger partial charge in [0.25, 0.3) is 0 Å². The SMILES string of the molecule is CC(N)c1ccnc(Sc2cnccn2)c1. The fourth-order valence-corrected chi connectivity index (χ4v) is 1.96. The van der Waals surface area contributed by atoms with Crippen molar-refractivity contribution in [3.8, 4) is 0 Å². The highest BCUT2D eigenvalue weighted by atomic mass is 32.2. The highest BCUT2D eigenvalue weighted by molar-refractivity contribution is 7.99. The van der Waals surface area contributed by atoms with Crippen molar-refractivity contribution in [2.45, 2.75) is 23.0 Å². The Morgan fingerprint density at radius 1 is 1.19 bits per heavy atom. The lowest BCUT2D eigenvalue weighted by molar-refractivity contribution is 0.808. The Bertz CT molecular complexity index is 459. The maximum Gasteiger partial charge on any atom is 0.121 e. The Morgan fingerprint density at radius 3 is 2.69 bits per heavy atom. The van der Waals surface area contributed by atoms with E-state index in [0.717, 1.165) is 15.6 Å². The molecule has 16 heavy (non-hydrogen) atoms. The quantitative estimate of drug-likeness (QED) is 0.877. The van der Waals surface area contributed by atoms with Gasteiger partial charge in [-0.25, -0.2) is 9.97 Å². The van der Waals surface area contributed by atoms with Crippen LogP contribution in [0.5, 0.6) is 0 Å². The van der Waals surface area contributed by atoms with Gasteiger partial charge >= 0.3 is 0 Å². The minimum absolute atomic E-state index is 0.0178. The smallest absolute Gasteiger partial charge is 0.121 e. The van der Waals surface area contributed by atoms with Gasteiger partial charge in [0.05, 0.1) is 6.20 Å². The van der Waals surface area contributed by atoms with E-state index in [2.05, 4.69) is 15.0 Å². The first-order valence-electron chi connectivity index (χ1n) is 4.91. The van der Waals surface area contributed by atoms with Crippen molar-refractivity contribution in [1.29, 1.82) is 0 Å². The van der Waals surface area contributed by atoms with Gasteiger partial charge in [-0.05, 0) is 36.4 Å². The van der Waals surface area contributed by atoms with Crippen molar-refractivity contribution in [2.24, 2.45) is 5.73 Å². The first-order chi connectivity index (χ1) is 7.75. The second kappa shape index (κ2) is 5.05. The fraction of sp³-hybridized carbons (Fsp3) is 0.182. The van der Waals surface area contributed by atoms with Crippen LogP contribution in [0.2, 0.25) is 0 Å². The summed E-state index contributed by atoms with van der Waals surface area (Å²) in [4.78, 5) is 12.4. The lowest BCUT2D eigenvalue weighted by atomic mass is 10.1. The number of hydrogen-bond donors (Lipinski definition) is 1. The molecular weight excluding hydrogens is 220 g/mol. The molecule has 0 aliphatic rings. The highest BCUT2D eigenvalue weighted by Crippen LogP contribution is 2.24. The molecule has 0 aliphatic heterocycles. The van der Waals surface area contributed by atoms with Crippen molar-refractivity contribution in [3.63, 3.8) is 0 Å². The summed E-state index contributed by atoms with van der Waals surface area (Å²) in [5.74, 6) is 0. The molecule has 4 nitrogen and oxygen atoms in total. The number of nitrogens with two attached hydrogens (primary N) is 1. The van der Waals surface area contributed by atoms with Crippen molar-refractivity contribution < 1.29 is 0 Å². The molecule has 2 rings (SSSR count). The standard InChI is InChI=1S/C11H12N4S/c1-8(12)9-2-3-14-10(6-9)16-11-7-13-4-5-15-11/h2-8H,12H2,1H3. The molecule has 0 spiro atoms. The van der Waals surface area contributed by atoms with Crippen LogP contribution < -0.4 is 5.73 Å². The van der Waals surface area contributed by atoms with E-state index in [0.29, 0.717) is 0 Å². The second-order valence-electron chi connectivity index (χ2n) is 3.36. The van der Waals surface area contributed by atoms with Crippen LogP contribution in [0.25, 0.3) is 0 Å². The van der Waals surface area contributed by atoms with Gasteiger partial charge in [-0.3, -0.25) is 4.98 Å². The average molecular weight is 232 g/mol. The number of aromatic nitrogens is 3. The molecule has 5 heteroatoms. The molecule has 1 unspecified atom stereocenters. The zero-order chi connectivity index (χ0) is 11.4. The molecule has 1 atom stereocenters. The summed E-state index contributed by atoms with van der Waals surface area (Å²) in [5, 5.41) is 1.71. The van der Waals surface area contributed by atoms with E-state index in [1.54, 1.807) is 24.8 Å². The fourth-order valence-electron chi connectivity index (χ4n) is 1.21. The zero-order valence-electron chi connectivity index (χ0n) is 8.87. The Hall–Kier alpha value is -1.46. The molecule has 82 valence electrons. The van der Waals surface area contributed by atoms with Gasteiger partial charge in [0.15, 0.2) is 0 Å². The molecule has 2 heterocycles. The summed E-state index contributed by atoms with van der Waals surface area (Å²) in [5.41, 5.74) is 6.88. The van der Waals surface area contributed by atoms with Gasteiger partial charge in [0.2, 0.25) is 0 Å². The van der Waals surface area contributed by atoms with E-state index in [4.69, 9.17) is 5.73 Å². The minimum atomic E-state index is 0.0178. The van der Waals surface area contributed by atoms with Crippen LogP contribution in [0.3, 0.4) is 0 Å². The summed E-state index contributed by atoms with van der Waals surface area (Å²) < 4.78 is 0. The molecule has 0 saturated carbocycles. The van der Waals surface area contributed by atoms with E-state index in [1.165, 1.54) is 11.8 Å². The Morgan fingerprint density at radius 2 is 2.00 bits per heavy atom. The minimum Gasteiger partial charge on any atom is -0.324 e. The first-order valence-corrected chi connectivity index (χ1v) is 5.73. The third-order valence-electron chi connectivity index (χ3n) is 2.03. The number of rotatable bonds is 3. The second-order valence-corrected chi connectivity index (χ2v) is 4.40. The van der Waals surface area contributed by atoms with Crippen LogP contribution in [-0.4, -0.2) is 15.0 Å². The molecule has 0 aromatic carbocycles. The topological polar surface area (TPSA) is 64.7 Å². The molecule has 2 aromatic rings. The van der Waals surface area contributed by atoms with Crippen molar-refractivity contribution in [1.82, 2.24) is 15.0 Å². The summed E-state index contributed by atoms with van der Waals surface area (Å²) in [6.45, 7) is 1.95. The Balaban J connectivity index is 2.19. The molecule has 0 fully saturated rings. The highest BCUT2D eigenvalue weighted by Gasteiger charge is 2.03. The summed E-state index contributed by atoms with van der Waals surface area (Å²) in [7, 11) is 0. The van der Waals surface area contributed by atoms with Crippen LogP contribution in [-0.2, 0) is 0 Å². The van der Waals surface area contributed by atoms with E-state index in [9.17, 15) is 0 Å². The predicted octanol–water partition coefficient (Wildman–Crippen LogP) is 2.04. The average Bonchev–Trinajstić information content (AvgIpc) is 2.30. The Kier molecular flexibility index (Phi) is 3.48. The maximum absolute atomic E-state index is 5.81. The zero-order valence-corrected chi connectivity index (χ0v) is 9.69. The van der Waals surface area contributed by atoms with Gasteiger partial charge in [-0.15, -0.1) is 0 Å². The maximum atomic E-state index is 5.81. The molecule has 0 radical (unpaired) electrons. The van der Waals surface area contributed by atoms with Crippen LogP contribution in [0.4, 0.5) is 0 Å². The van der Waals surface area contributed by atoms with E-state index >= 15 is 0 Å². The lowest BCUT2D eigenvalue weighted by Crippen LogP contribution is -2.04. The predicted molar refractivity (Wildman–Crippen MR) is 63.0 cm³/mol. The molecule has 0 saturated heterocycles. The summed E-state index contributed by atoms with van der Waals surface area (Å²) in [6.07, 6.45) is 6.79. The molecule has 2 aromatic heterocycles. The monoisotopic (exact) mass is 232 g/mol. The molecule has 0 aliphatic carbocycles. The van der Waals surface area contributed by atoms with Gasteiger partial charge in [-0.1, -0.05) is 0 Å². The van der Waals surface area contributed by atoms with Crippen molar-refractivity contribution in [3.05, 3.63) is 42.5 Å². The van der Waals surface area contributed by atoms with E-state index in [-0.39, 0.29) is 6.04 Å². The molecule has 0 amide bonds. The first kappa shape index (κ1) is 11.0. The third-order valence-corrected chi connectivity index (χ3v) is 2.89. The lowest BCUT2D eigenvalue weighted by Gasteiger charge is -2.06. The van der Waals surface area contributed by atoms with E-state index < -0.39 is 0 Å². The number of hydrogen-bond acceptors (Lipinski definition) is 5. The van der Waals surface area contributed by atoms with Crippen LogP contribution in [0.15, 0.2) is 47.0 Å². The Labute approximate surface area is 98.3 Å². The normalized spacial score (nSPS) is 12.4. The van der Waals surface area contributed by atoms with Crippen molar-refractivity contribution >= 4 is 11.8 Å². The van der Waals surface area contributed by atoms with Gasteiger partial charge in [0.1, 0.15) is 10.1 Å². The van der Waals surface area contributed by atoms with Gasteiger partial charge < -0.3 is 5.73 Å². The van der Waals surface area contributed by atoms with Crippen LogP contribution in [0, 0.1) is 0 Å². The number of pyridine rings is 1. The van der Waals surface area contributed by atoms with Gasteiger partial charge in [-0.2, -0.15) is 0 Å². The largest absolute Gasteiger partial charge is 0.324 e. The number of nitrogens with zero attached hydrogens (tertiary/aromatic N) is 3. The van der Waals surface area contributed by atoms with Crippen LogP contribution in [0.1, 0.15) is 18.5 Å². The molecule has 0 bridgehead atoms. The molecular formula is C11H12N4S. The summed E-state index contributed by atoms with van der Waals surface area (Å²) in [6, 6.07) is 3.92. The van der Waals surface area contributed by atoms with Crippen LogP contribution >= 0.6 is 11.8 Å². The molecule has 2 N–H and O–H groups in total.